The number of carbonyl (C=O) groups is 1. The van der Waals surface area contributed by atoms with Crippen LogP contribution in [0, 0.1) is 11.8 Å². The number of rotatable bonds is 1. The maximum absolute atomic E-state index is 13.0. The van der Waals surface area contributed by atoms with Crippen molar-refractivity contribution in [2.45, 2.75) is 52.1 Å². The van der Waals surface area contributed by atoms with Crippen molar-refractivity contribution >= 4 is 11.6 Å². The van der Waals surface area contributed by atoms with Crippen LogP contribution in [0.15, 0.2) is 24.3 Å². The lowest BCUT2D eigenvalue weighted by atomic mass is 9.82. The fourth-order valence-electron chi connectivity index (χ4n) is 3.58. The number of carbonyl (C=O) groups excluding carboxylic acids is 1. The second-order valence-electron chi connectivity index (χ2n) is 6.82. The van der Waals surface area contributed by atoms with E-state index in [2.05, 4.69) is 37.4 Å². The molecule has 0 aromatic heterocycles. The predicted octanol–water partition coefficient (Wildman–Crippen LogP) is 3.34. The molecule has 3 heteroatoms. The number of amides is 1. The molecule has 114 valence electrons. The van der Waals surface area contributed by atoms with Gasteiger partial charge in [0.25, 0.3) is 0 Å². The first-order valence-electron chi connectivity index (χ1n) is 8.28. The molecule has 0 saturated heterocycles. The number of hydrogen-bond acceptors (Lipinski definition) is 2. The highest BCUT2D eigenvalue weighted by Crippen LogP contribution is 2.32. The van der Waals surface area contributed by atoms with Gasteiger partial charge < -0.3 is 10.2 Å². The van der Waals surface area contributed by atoms with Crippen molar-refractivity contribution in [3.63, 3.8) is 0 Å². The molecule has 1 aliphatic heterocycles. The van der Waals surface area contributed by atoms with Gasteiger partial charge in [0.15, 0.2) is 0 Å². The van der Waals surface area contributed by atoms with Gasteiger partial charge >= 0.3 is 0 Å². The Labute approximate surface area is 127 Å². The topological polar surface area (TPSA) is 32.3 Å². The third kappa shape index (κ3) is 3.13. The van der Waals surface area contributed by atoms with Gasteiger partial charge in [-0.05, 0) is 50.2 Å². The van der Waals surface area contributed by atoms with E-state index in [9.17, 15) is 4.79 Å². The van der Waals surface area contributed by atoms with Crippen molar-refractivity contribution in [2.24, 2.45) is 11.8 Å². The summed E-state index contributed by atoms with van der Waals surface area (Å²) in [5, 5.41) is 3.50. The van der Waals surface area contributed by atoms with Crippen LogP contribution in [0.25, 0.3) is 0 Å². The molecule has 0 spiro atoms. The molecule has 1 aromatic rings. The molecule has 0 bridgehead atoms. The first-order chi connectivity index (χ1) is 10.1. The number of benzene rings is 1. The van der Waals surface area contributed by atoms with Crippen LogP contribution >= 0.6 is 0 Å². The average Bonchev–Trinajstić information content (AvgIpc) is 2.67. The molecular weight excluding hydrogens is 260 g/mol. The van der Waals surface area contributed by atoms with Gasteiger partial charge in [-0.15, -0.1) is 0 Å². The minimum absolute atomic E-state index is 0.222. The summed E-state index contributed by atoms with van der Waals surface area (Å²) >= 11 is 0. The number of nitrogens with one attached hydrogen (secondary N) is 1. The normalized spacial score (nSPS) is 29.6. The average molecular weight is 286 g/mol. The highest BCUT2D eigenvalue weighted by Gasteiger charge is 2.31. The van der Waals surface area contributed by atoms with E-state index in [1.165, 1.54) is 18.4 Å². The van der Waals surface area contributed by atoms with E-state index in [4.69, 9.17) is 0 Å². The molecule has 1 aromatic carbocycles. The van der Waals surface area contributed by atoms with Gasteiger partial charge in [-0.2, -0.15) is 0 Å². The third-order valence-corrected chi connectivity index (χ3v) is 5.01. The van der Waals surface area contributed by atoms with Crippen molar-refractivity contribution in [2.75, 3.05) is 11.4 Å². The van der Waals surface area contributed by atoms with Gasteiger partial charge in [0.05, 0.1) is 0 Å². The van der Waals surface area contributed by atoms with Crippen molar-refractivity contribution in [1.82, 2.24) is 5.32 Å². The second-order valence-corrected chi connectivity index (χ2v) is 6.82. The van der Waals surface area contributed by atoms with Crippen LogP contribution in [0.4, 0.5) is 5.69 Å². The summed E-state index contributed by atoms with van der Waals surface area (Å²) in [4.78, 5) is 15.1. The zero-order valence-electron chi connectivity index (χ0n) is 13.1. The molecule has 1 amide bonds. The summed E-state index contributed by atoms with van der Waals surface area (Å²) in [6, 6.07) is 8.66. The first kappa shape index (κ1) is 14.6. The van der Waals surface area contributed by atoms with E-state index < -0.39 is 0 Å². The highest BCUT2D eigenvalue weighted by molar-refractivity contribution is 5.96. The van der Waals surface area contributed by atoms with Crippen LogP contribution in [0.3, 0.4) is 0 Å². The molecule has 21 heavy (non-hydrogen) atoms. The molecule has 2 aliphatic rings. The lowest BCUT2D eigenvalue weighted by molar-refractivity contribution is -0.123. The molecule has 1 atom stereocenters. The molecule has 3 nitrogen and oxygen atoms in total. The zero-order chi connectivity index (χ0) is 14.8. The molecule has 1 fully saturated rings. The Morgan fingerprint density at radius 2 is 1.86 bits per heavy atom. The Morgan fingerprint density at radius 3 is 2.62 bits per heavy atom. The van der Waals surface area contributed by atoms with Crippen LogP contribution in [0.1, 0.15) is 45.1 Å². The smallest absolute Gasteiger partial charge is 0.230 e. The maximum atomic E-state index is 13.0. The molecular formula is C18H26N2O. The standard InChI is InChI=1S/C18H26N2O/c1-13-7-9-15(10-8-13)18(21)20-12-14(2)19-11-16-5-3-4-6-17(16)20/h3-6,13-15,19H,7-12H2,1-2H3. The molecule has 3 rings (SSSR count). The third-order valence-electron chi connectivity index (χ3n) is 5.01. The lowest BCUT2D eigenvalue weighted by Gasteiger charge is -2.32. The number of fused-ring (bicyclic) bond motifs is 1. The number of nitrogens with zero attached hydrogens (tertiary/aromatic N) is 1. The second kappa shape index (κ2) is 6.18. The van der Waals surface area contributed by atoms with E-state index in [1.807, 2.05) is 11.0 Å². The Balaban J connectivity index is 1.83. The van der Waals surface area contributed by atoms with Crippen molar-refractivity contribution < 1.29 is 4.79 Å². The fourth-order valence-corrected chi connectivity index (χ4v) is 3.58. The summed E-state index contributed by atoms with van der Waals surface area (Å²) in [5.74, 6) is 1.34. The molecule has 0 radical (unpaired) electrons. The van der Waals surface area contributed by atoms with E-state index in [0.29, 0.717) is 11.9 Å². The van der Waals surface area contributed by atoms with Gasteiger partial charge in [0, 0.05) is 30.7 Å². The minimum atomic E-state index is 0.222. The van der Waals surface area contributed by atoms with E-state index in [1.54, 1.807) is 0 Å². The largest absolute Gasteiger partial charge is 0.310 e. The SMILES string of the molecule is CC1CCC(C(=O)N2CC(C)NCc3ccccc32)CC1. The van der Waals surface area contributed by atoms with E-state index in [0.717, 1.165) is 37.5 Å². The summed E-state index contributed by atoms with van der Waals surface area (Å²) in [5.41, 5.74) is 2.34. The fraction of sp³-hybridized carbons (Fsp3) is 0.611. The Bertz CT molecular complexity index is 506. The Morgan fingerprint density at radius 1 is 1.14 bits per heavy atom. The Kier molecular flexibility index (Phi) is 4.29. The quantitative estimate of drug-likeness (QED) is 0.859. The summed E-state index contributed by atoms with van der Waals surface area (Å²) in [7, 11) is 0. The van der Waals surface area contributed by atoms with E-state index in [-0.39, 0.29) is 5.92 Å². The lowest BCUT2D eigenvalue weighted by Crippen LogP contribution is -2.43. The van der Waals surface area contributed by atoms with Crippen LogP contribution in [-0.4, -0.2) is 18.5 Å². The minimum Gasteiger partial charge on any atom is -0.310 e. The molecule has 1 saturated carbocycles. The van der Waals surface area contributed by atoms with Gasteiger partial charge in [0.1, 0.15) is 0 Å². The van der Waals surface area contributed by atoms with Crippen LogP contribution < -0.4 is 10.2 Å². The van der Waals surface area contributed by atoms with Crippen molar-refractivity contribution in [1.29, 1.82) is 0 Å². The van der Waals surface area contributed by atoms with Crippen LogP contribution in [0.5, 0.6) is 0 Å². The first-order valence-corrected chi connectivity index (χ1v) is 8.28. The molecule has 1 unspecified atom stereocenters. The monoisotopic (exact) mass is 286 g/mol. The molecule has 1 N–H and O–H groups in total. The van der Waals surface area contributed by atoms with Gasteiger partial charge in [-0.1, -0.05) is 25.1 Å². The summed E-state index contributed by atoms with van der Waals surface area (Å²) < 4.78 is 0. The number of anilines is 1. The van der Waals surface area contributed by atoms with Gasteiger partial charge in [-0.3, -0.25) is 4.79 Å². The Hall–Kier alpha value is -1.35. The van der Waals surface area contributed by atoms with E-state index >= 15 is 0 Å². The van der Waals surface area contributed by atoms with Gasteiger partial charge in [0.2, 0.25) is 5.91 Å². The number of para-hydroxylation sites is 1. The summed E-state index contributed by atoms with van der Waals surface area (Å²) in [6.07, 6.45) is 4.50. The van der Waals surface area contributed by atoms with Crippen LogP contribution in [0.2, 0.25) is 0 Å². The van der Waals surface area contributed by atoms with Crippen molar-refractivity contribution in [3.8, 4) is 0 Å². The molecule has 1 heterocycles. The van der Waals surface area contributed by atoms with Gasteiger partial charge in [-0.25, -0.2) is 0 Å². The predicted molar refractivity (Wildman–Crippen MR) is 86.2 cm³/mol. The van der Waals surface area contributed by atoms with Crippen molar-refractivity contribution in [3.05, 3.63) is 29.8 Å². The maximum Gasteiger partial charge on any atom is 0.230 e. The highest BCUT2D eigenvalue weighted by atomic mass is 16.2. The summed E-state index contributed by atoms with van der Waals surface area (Å²) in [6.45, 7) is 6.09. The molecule has 1 aliphatic carbocycles. The number of hydrogen-bond donors (Lipinski definition) is 1. The zero-order valence-corrected chi connectivity index (χ0v) is 13.1. The van der Waals surface area contributed by atoms with Crippen LogP contribution in [-0.2, 0) is 11.3 Å².